The van der Waals surface area contributed by atoms with Gasteiger partial charge < -0.3 is 13.9 Å². The quantitative estimate of drug-likeness (QED) is 0.205. The van der Waals surface area contributed by atoms with Crippen LogP contribution in [0.2, 0.25) is 0 Å². The fraction of sp³-hybridized carbons (Fsp3) is 0.158. The summed E-state index contributed by atoms with van der Waals surface area (Å²) in [5.74, 6) is 0.492. The number of aryl methyl sites for hydroxylation is 2. The average Bonchev–Trinajstić information content (AvgIpc) is 3.72. The average molecular weight is 612 g/mol. The molecule has 0 saturated carbocycles. The molecule has 2 aliphatic rings. The molecule has 1 unspecified atom stereocenters. The van der Waals surface area contributed by atoms with Gasteiger partial charge in [-0.3, -0.25) is 0 Å². The van der Waals surface area contributed by atoms with Crippen molar-refractivity contribution in [2.24, 2.45) is 14.1 Å². The number of hydrogen-bond acceptors (Lipinski definition) is 3. The third-order valence-corrected chi connectivity index (χ3v) is 11.3. The van der Waals surface area contributed by atoms with E-state index in [4.69, 9.17) is 4.74 Å². The lowest BCUT2D eigenvalue weighted by Crippen LogP contribution is -2.29. The van der Waals surface area contributed by atoms with Gasteiger partial charge in [-0.05, 0) is 64.7 Å². The van der Waals surface area contributed by atoms with Gasteiger partial charge >= 0.3 is 0 Å². The van der Waals surface area contributed by atoms with Gasteiger partial charge in [0.1, 0.15) is 5.75 Å². The standard InChI is InChI=1S/C38H33N3O3S/c1-39-22-32(28-13-7-9-15-35(28)39)31-21-30(25-11-5-4-6-12-25)38-37(29-14-8-10-16-36(29)40(38)2)34-24-41(23-33(31)34)45(42,43)27-19-17-26(44-3)18-20-27/h4-22,34H,23-24H2,1-3H3. The highest BCUT2D eigenvalue weighted by Gasteiger charge is 2.42. The third kappa shape index (κ3) is 4.22. The molecule has 6 aromatic rings. The molecule has 0 bridgehead atoms. The number of sulfonamides is 1. The molecule has 0 radical (unpaired) electrons. The lowest BCUT2D eigenvalue weighted by Gasteiger charge is -2.18. The van der Waals surface area contributed by atoms with E-state index in [1.54, 1.807) is 35.7 Å². The molecule has 1 aliphatic carbocycles. The van der Waals surface area contributed by atoms with Crippen LogP contribution in [0.25, 0.3) is 33.0 Å². The van der Waals surface area contributed by atoms with E-state index in [1.807, 2.05) is 6.07 Å². The van der Waals surface area contributed by atoms with Crippen LogP contribution in [0, 0.1) is 0 Å². The van der Waals surface area contributed by atoms with E-state index in [1.165, 1.54) is 5.56 Å². The molecule has 2 aromatic heterocycles. The molecule has 4 aromatic carbocycles. The Morgan fingerprint density at radius 1 is 0.778 bits per heavy atom. The number of nitrogens with zero attached hydrogens (tertiary/aromatic N) is 3. The third-order valence-electron chi connectivity index (χ3n) is 9.51. The van der Waals surface area contributed by atoms with Crippen LogP contribution in [0.15, 0.2) is 126 Å². The molecule has 1 aliphatic heterocycles. The molecule has 1 fully saturated rings. The largest absolute Gasteiger partial charge is 0.497 e. The van der Waals surface area contributed by atoms with Gasteiger partial charge in [0.25, 0.3) is 0 Å². The SMILES string of the molecule is COc1ccc(S(=O)(=O)N2CC3=C(c4cn(C)c5ccccc45)C=C(c4ccccc4)c4c(c5ccccc5n4C)C3C2)cc1. The highest BCUT2D eigenvalue weighted by atomic mass is 32.2. The fourth-order valence-electron chi connectivity index (χ4n) is 7.35. The molecule has 8 rings (SSSR count). The Morgan fingerprint density at radius 2 is 1.44 bits per heavy atom. The predicted molar refractivity (Wildman–Crippen MR) is 181 cm³/mol. The van der Waals surface area contributed by atoms with Crippen molar-refractivity contribution in [1.29, 1.82) is 0 Å². The highest BCUT2D eigenvalue weighted by molar-refractivity contribution is 7.89. The second-order valence-corrected chi connectivity index (χ2v) is 13.8. The van der Waals surface area contributed by atoms with Crippen molar-refractivity contribution in [3.05, 3.63) is 143 Å². The number of aromatic nitrogens is 2. The van der Waals surface area contributed by atoms with Crippen molar-refractivity contribution in [3.63, 3.8) is 0 Å². The fourth-order valence-corrected chi connectivity index (χ4v) is 8.78. The van der Waals surface area contributed by atoms with Crippen LogP contribution in [0.3, 0.4) is 0 Å². The zero-order valence-electron chi connectivity index (χ0n) is 25.4. The van der Waals surface area contributed by atoms with Gasteiger partial charge in [0.2, 0.25) is 10.0 Å². The monoisotopic (exact) mass is 611 g/mol. The summed E-state index contributed by atoms with van der Waals surface area (Å²) in [5.41, 5.74) is 10.2. The van der Waals surface area contributed by atoms with Gasteiger partial charge in [0, 0.05) is 72.2 Å². The van der Waals surface area contributed by atoms with Gasteiger partial charge in [-0.25, -0.2) is 8.42 Å². The zero-order valence-corrected chi connectivity index (χ0v) is 26.3. The maximum atomic E-state index is 14.2. The first-order valence-electron chi connectivity index (χ1n) is 15.1. The Bertz CT molecular complexity index is 2290. The Kier molecular flexibility index (Phi) is 6.37. The van der Waals surface area contributed by atoms with Gasteiger partial charge in [0.05, 0.1) is 17.7 Å². The van der Waals surface area contributed by atoms with E-state index in [0.717, 1.165) is 55.3 Å². The Labute approximate surface area is 263 Å². The van der Waals surface area contributed by atoms with Gasteiger partial charge in [-0.15, -0.1) is 0 Å². The van der Waals surface area contributed by atoms with Crippen LogP contribution in [-0.2, 0) is 24.1 Å². The van der Waals surface area contributed by atoms with Gasteiger partial charge in [-0.1, -0.05) is 66.7 Å². The van der Waals surface area contributed by atoms with Gasteiger partial charge in [-0.2, -0.15) is 4.31 Å². The number of para-hydroxylation sites is 2. The van der Waals surface area contributed by atoms with E-state index < -0.39 is 10.0 Å². The van der Waals surface area contributed by atoms with Crippen LogP contribution in [0.4, 0.5) is 0 Å². The first-order chi connectivity index (χ1) is 21.9. The molecule has 7 heteroatoms. The van der Waals surface area contributed by atoms with E-state index in [2.05, 4.69) is 108 Å². The molecule has 1 atom stereocenters. The van der Waals surface area contributed by atoms with Crippen molar-refractivity contribution >= 4 is 43.0 Å². The first kappa shape index (κ1) is 27.7. The number of benzene rings is 4. The Morgan fingerprint density at radius 3 is 2.18 bits per heavy atom. The summed E-state index contributed by atoms with van der Waals surface area (Å²) in [6, 6.07) is 34.2. The van der Waals surface area contributed by atoms with E-state index in [-0.39, 0.29) is 10.8 Å². The zero-order chi connectivity index (χ0) is 30.9. The number of methoxy groups -OCH3 is 1. The van der Waals surface area contributed by atoms with Crippen molar-refractivity contribution in [2.75, 3.05) is 20.2 Å². The van der Waals surface area contributed by atoms with Crippen LogP contribution in [-0.4, -0.2) is 42.1 Å². The van der Waals surface area contributed by atoms with Crippen LogP contribution in [0.5, 0.6) is 5.75 Å². The minimum absolute atomic E-state index is 0.134. The summed E-state index contributed by atoms with van der Waals surface area (Å²) >= 11 is 0. The molecular formula is C38H33N3O3S. The summed E-state index contributed by atoms with van der Waals surface area (Å²) in [6.07, 6.45) is 4.51. The Balaban J connectivity index is 1.43. The number of allylic oxidation sites excluding steroid dienone is 2. The lowest BCUT2D eigenvalue weighted by atomic mass is 9.88. The molecule has 224 valence electrons. The first-order valence-corrected chi connectivity index (χ1v) is 16.6. The summed E-state index contributed by atoms with van der Waals surface area (Å²) in [7, 11) is 2.00. The molecule has 3 heterocycles. The minimum atomic E-state index is -3.78. The molecule has 45 heavy (non-hydrogen) atoms. The molecule has 1 saturated heterocycles. The van der Waals surface area contributed by atoms with E-state index >= 15 is 0 Å². The van der Waals surface area contributed by atoms with Crippen LogP contribution >= 0.6 is 0 Å². The second kappa shape index (κ2) is 10.4. The number of rotatable bonds is 5. The maximum Gasteiger partial charge on any atom is 0.243 e. The van der Waals surface area contributed by atoms with E-state index in [0.29, 0.717) is 18.8 Å². The molecule has 6 nitrogen and oxygen atoms in total. The maximum absolute atomic E-state index is 14.2. The molecule has 0 N–H and O–H groups in total. The van der Waals surface area contributed by atoms with Crippen LogP contribution in [0.1, 0.15) is 28.3 Å². The number of fused-ring (bicyclic) bond motifs is 6. The highest BCUT2D eigenvalue weighted by Crippen LogP contribution is 2.50. The van der Waals surface area contributed by atoms with Crippen LogP contribution < -0.4 is 4.74 Å². The molecule has 0 spiro atoms. The minimum Gasteiger partial charge on any atom is -0.497 e. The van der Waals surface area contributed by atoms with Crippen molar-refractivity contribution < 1.29 is 13.2 Å². The lowest BCUT2D eigenvalue weighted by molar-refractivity contribution is 0.414. The molecular weight excluding hydrogens is 579 g/mol. The smallest absolute Gasteiger partial charge is 0.243 e. The Hall–Kier alpha value is -4.85. The normalized spacial score (nSPS) is 17.0. The molecule has 0 amide bonds. The van der Waals surface area contributed by atoms with Gasteiger partial charge in [0.15, 0.2) is 0 Å². The number of ether oxygens (including phenoxy) is 1. The summed E-state index contributed by atoms with van der Waals surface area (Å²) in [5, 5.41) is 2.30. The van der Waals surface area contributed by atoms with Crippen molar-refractivity contribution in [1.82, 2.24) is 13.4 Å². The van der Waals surface area contributed by atoms with Crippen molar-refractivity contribution in [2.45, 2.75) is 10.8 Å². The van der Waals surface area contributed by atoms with Crippen molar-refractivity contribution in [3.8, 4) is 5.75 Å². The summed E-state index contributed by atoms with van der Waals surface area (Å²) in [6.45, 7) is 0.660. The number of hydrogen-bond donors (Lipinski definition) is 0. The predicted octanol–water partition coefficient (Wildman–Crippen LogP) is 7.37. The topological polar surface area (TPSA) is 56.5 Å². The summed E-state index contributed by atoms with van der Waals surface area (Å²) in [4.78, 5) is 0.269. The second-order valence-electron chi connectivity index (χ2n) is 11.9. The van der Waals surface area contributed by atoms with E-state index in [9.17, 15) is 8.42 Å². The summed E-state index contributed by atoms with van der Waals surface area (Å²) < 4.78 is 39.9.